The van der Waals surface area contributed by atoms with Crippen molar-refractivity contribution in [2.24, 2.45) is 0 Å². The second-order valence-corrected chi connectivity index (χ2v) is 5.75. The summed E-state index contributed by atoms with van der Waals surface area (Å²) in [7, 11) is 1.69. The van der Waals surface area contributed by atoms with Crippen molar-refractivity contribution < 1.29 is 13.9 Å². The molecule has 3 N–H and O–H groups in total. The molecule has 0 saturated carbocycles. The third-order valence-corrected chi connectivity index (χ3v) is 3.89. The first-order chi connectivity index (χ1) is 9.92. The molecule has 1 heterocycles. The summed E-state index contributed by atoms with van der Waals surface area (Å²) in [6.45, 7) is 3.84. The largest absolute Gasteiger partial charge is 0.397 e. The highest BCUT2D eigenvalue weighted by atomic mass is 19.1. The van der Waals surface area contributed by atoms with E-state index >= 15 is 0 Å². The van der Waals surface area contributed by atoms with Crippen molar-refractivity contribution in [3.8, 4) is 0 Å². The predicted molar refractivity (Wildman–Crippen MR) is 80.5 cm³/mol. The Labute approximate surface area is 124 Å². The van der Waals surface area contributed by atoms with Gasteiger partial charge in [0.25, 0.3) is 0 Å². The number of nitrogen functional groups attached to an aromatic ring is 1. The Morgan fingerprint density at radius 2 is 2.33 bits per heavy atom. The van der Waals surface area contributed by atoms with Crippen molar-refractivity contribution in [1.29, 1.82) is 0 Å². The maximum absolute atomic E-state index is 13.2. The van der Waals surface area contributed by atoms with Gasteiger partial charge >= 0.3 is 0 Å². The molecule has 0 spiro atoms. The van der Waals surface area contributed by atoms with E-state index in [0.29, 0.717) is 17.9 Å². The lowest BCUT2D eigenvalue weighted by Crippen LogP contribution is -2.49. The normalized spacial score (nSPS) is 23.0. The van der Waals surface area contributed by atoms with Crippen LogP contribution in [0.4, 0.5) is 15.8 Å². The van der Waals surface area contributed by atoms with E-state index in [2.05, 4.69) is 5.32 Å². The molecule has 21 heavy (non-hydrogen) atoms. The average molecular weight is 295 g/mol. The molecular formula is C15H22FN3O2. The predicted octanol–water partition coefficient (Wildman–Crippen LogP) is 1.85. The molecule has 1 atom stereocenters. The van der Waals surface area contributed by atoms with E-state index in [1.165, 1.54) is 18.2 Å². The van der Waals surface area contributed by atoms with Crippen LogP contribution in [0.15, 0.2) is 18.2 Å². The number of rotatable bonds is 4. The number of likely N-dealkylation sites (tertiary alicyclic amines) is 1. The van der Waals surface area contributed by atoms with Gasteiger partial charge in [0.15, 0.2) is 0 Å². The van der Waals surface area contributed by atoms with E-state index in [4.69, 9.17) is 10.5 Å². The molecule has 0 aromatic heterocycles. The van der Waals surface area contributed by atoms with Gasteiger partial charge < -0.3 is 15.8 Å². The number of carbonyl (C=O) groups is 1. The van der Waals surface area contributed by atoms with Gasteiger partial charge in [0.1, 0.15) is 5.82 Å². The zero-order valence-electron chi connectivity index (χ0n) is 12.5. The number of nitrogens with one attached hydrogen (secondary N) is 1. The van der Waals surface area contributed by atoms with Crippen LogP contribution in [0.3, 0.4) is 0 Å². The third-order valence-electron chi connectivity index (χ3n) is 3.89. The Hall–Kier alpha value is -1.66. The van der Waals surface area contributed by atoms with Crippen molar-refractivity contribution in [2.75, 3.05) is 37.8 Å². The molecule has 1 aromatic carbocycles. The lowest BCUT2D eigenvalue weighted by molar-refractivity contribution is -0.119. The van der Waals surface area contributed by atoms with Gasteiger partial charge in [0, 0.05) is 13.7 Å². The Kier molecular flexibility index (Phi) is 4.80. The maximum atomic E-state index is 13.2. The molecule has 1 aliphatic rings. The third kappa shape index (κ3) is 4.15. The van der Waals surface area contributed by atoms with Gasteiger partial charge in [-0.25, -0.2) is 4.39 Å². The molecule has 1 unspecified atom stereocenters. The number of piperidine rings is 1. The number of hydrogen-bond acceptors (Lipinski definition) is 4. The number of benzene rings is 1. The molecule has 1 fully saturated rings. The summed E-state index contributed by atoms with van der Waals surface area (Å²) >= 11 is 0. The molecule has 1 aliphatic heterocycles. The quantitative estimate of drug-likeness (QED) is 0.832. The van der Waals surface area contributed by atoms with Crippen LogP contribution < -0.4 is 11.1 Å². The lowest BCUT2D eigenvalue weighted by atomic mass is 9.95. The number of anilines is 2. The van der Waals surface area contributed by atoms with Crippen LogP contribution in [0.25, 0.3) is 0 Å². The monoisotopic (exact) mass is 295 g/mol. The standard InChI is InChI=1S/C15H22FN3O2/c1-15(21-2)6-3-7-19(10-15)9-14(20)18-13-8-11(16)4-5-12(13)17/h4-5,8H,3,6-7,9-10,17H2,1-2H3,(H,18,20). The molecule has 116 valence electrons. The summed E-state index contributed by atoms with van der Waals surface area (Å²) in [5.74, 6) is -0.628. The lowest BCUT2D eigenvalue weighted by Gasteiger charge is -2.39. The number of nitrogens with zero attached hydrogens (tertiary/aromatic N) is 1. The van der Waals surface area contributed by atoms with Gasteiger partial charge in [0.05, 0.1) is 23.5 Å². The second kappa shape index (κ2) is 6.41. The van der Waals surface area contributed by atoms with E-state index in [-0.39, 0.29) is 18.1 Å². The first kappa shape index (κ1) is 15.7. The Balaban J connectivity index is 1.94. The van der Waals surface area contributed by atoms with Crippen molar-refractivity contribution in [1.82, 2.24) is 4.90 Å². The summed E-state index contributed by atoms with van der Waals surface area (Å²) in [5.41, 5.74) is 6.17. The van der Waals surface area contributed by atoms with Crippen LogP contribution >= 0.6 is 0 Å². The van der Waals surface area contributed by atoms with Gasteiger partial charge in [-0.05, 0) is 44.5 Å². The topological polar surface area (TPSA) is 67.6 Å². The smallest absolute Gasteiger partial charge is 0.238 e. The minimum atomic E-state index is -0.426. The molecule has 6 heteroatoms. The van der Waals surface area contributed by atoms with E-state index in [9.17, 15) is 9.18 Å². The zero-order valence-corrected chi connectivity index (χ0v) is 12.5. The highest BCUT2D eigenvalue weighted by Crippen LogP contribution is 2.24. The number of nitrogens with two attached hydrogens (primary N) is 1. The summed E-state index contributed by atoms with van der Waals surface area (Å²) in [5, 5.41) is 2.66. The fraction of sp³-hybridized carbons (Fsp3) is 0.533. The van der Waals surface area contributed by atoms with Crippen molar-refractivity contribution >= 4 is 17.3 Å². The fourth-order valence-electron chi connectivity index (χ4n) is 2.64. The second-order valence-electron chi connectivity index (χ2n) is 5.75. The van der Waals surface area contributed by atoms with Crippen molar-refractivity contribution in [3.05, 3.63) is 24.0 Å². The summed E-state index contributed by atoms with van der Waals surface area (Å²) < 4.78 is 18.7. The Morgan fingerprint density at radius 3 is 3.05 bits per heavy atom. The van der Waals surface area contributed by atoms with E-state index < -0.39 is 5.82 Å². The van der Waals surface area contributed by atoms with Gasteiger partial charge in [-0.2, -0.15) is 0 Å². The number of amides is 1. The van der Waals surface area contributed by atoms with Crippen LogP contribution in [-0.2, 0) is 9.53 Å². The van der Waals surface area contributed by atoms with Crippen LogP contribution in [-0.4, -0.2) is 43.2 Å². The molecule has 5 nitrogen and oxygen atoms in total. The van der Waals surface area contributed by atoms with Crippen LogP contribution in [0.2, 0.25) is 0 Å². The number of ether oxygens (including phenoxy) is 1. The number of halogens is 1. The molecule has 2 rings (SSSR count). The van der Waals surface area contributed by atoms with Gasteiger partial charge in [-0.3, -0.25) is 9.69 Å². The van der Waals surface area contributed by atoms with Gasteiger partial charge in [0.2, 0.25) is 5.91 Å². The summed E-state index contributed by atoms with van der Waals surface area (Å²) in [6.07, 6.45) is 1.97. The Morgan fingerprint density at radius 1 is 1.57 bits per heavy atom. The minimum Gasteiger partial charge on any atom is -0.397 e. The SMILES string of the molecule is COC1(C)CCCN(CC(=O)Nc2cc(F)ccc2N)C1. The number of carbonyl (C=O) groups excluding carboxylic acids is 1. The molecule has 1 aromatic rings. The van der Waals surface area contributed by atoms with Crippen molar-refractivity contribution in [2.45, 2.75) is 25.4 Å². The highest BCUT2D eigenvalue weighted by molar-refractivity contribution is 5.95. The maximum Gasteiger partial charge on any atom is 0.238 e. The van der Waals surface area contributed by atoms with E-state index in [1.807, 2.05) is 11.8 Å². The van der Waals surface area contributed by atoms with Crippen LogP contribution in [0, 0.1) is 5.82 Å². The molecule has 0 aliphatic carbocycles. The van der Waals surface area contributed by atoms with E-state index in [1.54, 1.807) is 7.11 Å². The summed E-state index contributed by atoms with van der Waals surface area (Å²) in [4.78, 5) is 14.1. The summed E-state index contributed by atoms with van der Waals surface area (Å²) in [6, 6.07) is 3.93. The first-order valence-corrected chi connectivity index (χ1v) is 7.04. The van der Waals surface area contributed by atoms with Gasteiger partial charge in [-0.15, -0.1) is 0 Å². The number of hydrogen-bond donors (Lipinski definition) is 2. The average Bonchev–Trinajstić information content (AvgIpc) is 2.43. The van der Waals surface area contributed by atoms with Crippen molar-refractivity contribution in [3.63, 3.8) is 0 Å². The molecule has 0 radical (unpaired) electrons. The molecular weight excluding hydrogens is 273 g/mol. The Bertz CT molecular complexity index is 524. The van der Waals surface area contributed by atoms with Crippen LogP contribution in [0.5, 0.6) is 0 Å². The molecule has 0 bridgehead atoms. The van der Waals surface area contributed by atoms with Crippen LogP contribution in [0.1, 0.15) is 19.8 Å². The van der Waals surface area contributed by atoms with Gasteiger partial charge in [-0.1, -0.05) is 0 Å². The first-order valence-electron chi connectivity index (χ1n) is 7.04. The van der Waals surface area contributed by atoms with E-state index in [0.717, 1.165) is 19.4 Å². The zero-order chi connectivity index (χ0) is 15.5. The fourth-order valence-corrected chi connectivity index (χ4v) is 2.64. The number of methoxy groups -OCH3 is 1. The molecule has 1 saturated heterocycles. The minimum absolute atomic E-state index is 0.201. The highest BCUT2D eigenvalue weighted by Gasteiger charge is 2.31. The molecule has 1 amide bonds.